The van der Waals surface area contributed by atoms with E-state index in [0.29, 0.717) is 0 Å². The molecule has 0 heterocycles. The second-order valence-electron chi connectivity index (χ2n) is 2.05. The monoisotopic (exact) mass is 161 g/mol. The first-order chi connectivity index (χ1) is 4.72. The molecule has 3 heteroatoms. The third-order valence-corrected chi connectivity index (χ3v) is 2.35. The lowest BCUT2D eigenvalue weighted by atomic mass is 10.2. The molecule has 0 aromatic heterocycles. The molecule has 0 spiro atoms. The van der Waals surface area contributed by atoms with Crippen molar-refractivity contribution in [3.63, 3.8) is 0 Å². The van der Waals surface area contributed by atoms with E-state index >= 15 is 0 Å². The van der Waals surface area contributed by atoms with Crippen LogP contribution in [0.2, 0.25) is 0 Å². The molecule has 2 nitrogen and oxygen atoms in total. The number of aliphatic carboxylic acids is 1. The van der Waals surface area contributed by atoms with E-state index in [1.54, 1.807) is 0 Å². The van der Waals surface area contributed by atoms with Crippen LogP contribution in [-0.4, -0.2) is 17.0 Å². The van der Waals surface area contributed by atoms with Crippen molar-refractivity contribution in [2.24, 2.45) is 0 Å². The fourth-order valence-electron chi connectivity index (χ4n) is 0.733. The van der Waals surface area contributed by atoms with Gasteiger partial charge in [-0.3, -0.25) is 0 Å². The number of thioether (sulfide) groups is 1. The van der Waals surface area contributed by atoms with Crippen molar-refractivity contribution in [2.45, 2.75) is 31.9 Å². The summed E-state index contributed by atoms with van der Waals surface area (Å²) in [6.07, 6.45) is 1.63. The molecule has 60 valence electrons. The highest BCUT2D eigenvalue weighted by Crippen LogP contribution is 2.14. The van der Waals surface area contributed by atoms with E-state index in [4.69, 9.17) is 0 Å². The van der Waals surface area contributed by atoms with Crippen molar-refractivity contribution in [2.75, 3.05) is 5.75 Å². The second-order valence-corrected chi connectivity index (χ2v) is 3.53. The highest BCUT2D eigenvalue weighted by atomic mass is 32.2. The summed E-state index contributed by atoms with van der Waals surface area (Å²) in [7, 11) is 0. The minimum atomic E-state index is -0.922. The summed E-state index contributed by atoms with van der Waals surface area (Å²) in [6.45, 7) is 3.93. The van der Waals surface area contributed by atoms with Crippen molar-refractivity contribution in [1.82, 2.24) is 0 Å². The van der Waals surface area contributed by atoms with Gasteiger partial charge >= 0.3 is 0 Å². The number of rotatable bonds is 5. The molecule has 0 aromatic rings. The Morgan fingerprint density at radius 3 is 2.50 bits per heavy atom. The molecule has 0 rings (SSSR count). The molecule has 0 aliphatic carbocycles. The van der Waals surface area contributed by atoms with Gasteiger partial charge in [0.25, 0.3) is 0 Å². The number of carbonyl (C=O) groups excluding carboxylic acids is 1. The fraction of sp³-hybridized carbons (Fsp3) is 0.857. The van der Waals surface area contributed by atoms with Crippen LogP contribution in [0.1, 0.15) is 26.7 Å². The van der Waals surface area contributed by atoms with Gasteiger partial charge in [-0.1, -0.05) is 20.3 Å². The largest absolute Gasteiger partial charge is 0.549 e. The summed E-state index contributed by atoms with van der Waals surface area (Å²) in [4.78, 5) is 10.3. The van der Waals surface area contributed by atoms with E-state index < -0.39 is 5.97 Å². The van der Waals surface area contributed by atoms with Crippen molar-refractivity contribution < 1.29 is 9.90 Å². The van der Waals surface area contributed by atoms with Gasteiger partial charge in [-0.25, -0.2) is 0 Å². The molecule has 0 saturated carbocycles. The molecule has 0 bridgehead atoms. The van der Waals surface area contributed by atoms with Crippen LogP contribution in [0.25, 0.3) is 0 Å². The zero-order valence-corrected chi connectivity index (χ0v) is 7.24. The average Bonchev–Trinajstić information content (AvgIpc) is 1.87. The Balaban J connectivity index is 3.61. The maximum atomic E-state index is 10.3. The van der Waals surface area contributed by atoms with Gasteiger partial charge < -0.3 is 9.90 Å². The summed E-state index contributed by atoms with van der Waals surface area (Å²) in [6, 6.07) is 0. The Hall–Kier alpha value is -0.180. The summed E-state index contributed by atoms with van der Waals surface area (Å²) in [5.74, 6) is -0.0766. The fourth-order valence-corrected chi connectivity index (χ4v) is 1.67. The van der Waals surface area contributed by atoms with Gasteiger partial charge in [-0.2, -0.15) is 11.8 Å². The van der Waals surface area contributed by atoms with Gasteiger partial charge in [0.05, 0.1) is 5.97 Å². The zero-order chi connectivity index (χ0) is 7.98. The quantitative estimate of drug-likeness (QED) is 0.594. The SMILES string of the molecule is CCC[C@H](SCC)C(=O)[O-]. The Labute approximate surface area is 66.0 Å². The minimum absolute atomic E-state index is 0.296. The lowest BCUT2D eigenvalue weighted by Crippen LogP contribution is -2.33. The molecule has 0 N–H and O–H groups in total. The topological polar surface area (TPSA) is 40.1 Å². The molecule has 0 aromatic carbocycles. The molecule has 0 radical (unpaired) electrons. The molecular formula is C7H13O2S-. The van der Waals surface area contributed by atoms with Crippen LogP contribution in [0.3, 0.4) is 0 Å². The highest BCUT2D eigenvalue weighted by molar-refractivity contribution is 8.00. The van der Waals surface area contributed by atoms with E-state index in [9.17, 15) is 9.90 Å². The summed E-state index contributed by atoms with van der Waals surface area (Å²) in [5, 5.41) is 10.1. The Bertz CT molecular complexity index is 97.8. The maximum absolute atomic E-state index is 10.3. The van der Waals surface area contributed by atoms with Crippen LogP contribution in [0.4, 0.5) is 0 Å². The first-order valence-electron chi connectivity index (χ1n) is 3.54. The first-order valence-corrected chi connectivity index (χ1v) is 4.59. The van der Waals surface area contributed by atoms with Gasteiger partial charge in [0.2, 0.25) is 0 Å². The lowest BCUT2D eigenvalue weighted by molar-refractivity contribution is -0.304. The number of hydrogen-bond acceptors (Lipinski definition) is 3. The van der Waals surface area contributed by atoms with Crippen LogP contribution in [0.15, 0.2) is 0 Å². The molecule has 0 amide bonds. The molecular weight excluding hydrogens is 148 g/mol. The van der Waals surface area contributed by atoms with Crippen LogP contribution in [-0.2, 0) is 4.79 Å². The molecule has 1 atom stereocenters. The van der Waals surface area contributed by atoms with E-state index in [1.807, 2.05) is 13.8 Å². The Morgan fingerprint density at radius 1 is 1.60 bits per heavy atom. The maximum Gasteiger partial charge on any atom is 0.0544 e. The number of carboxylic acids is 1. The summed E-state index contributed by atoms with van der Waals surface area (Å²) < 4.78 is 0. The molecule has 0 saturated heterocycles. The number of carboxylic acid groups (broad SMARTS) is 1. The highest BCUT2D eigenvalue weighted by Gasteiger charge is 2.06. The van der Waals surface area contributed by atoms with Crippen LogP contribution < -0.4 is 5.11 Å². The van der Waals surface area contributed by atoms with Gasteiger partial charge in [0.1, 0.15) is 0 Å². The average molecular weight is 161 g/mol. The van der Waals surface area contributed by atoms with Crippen molar-refractivity contribution in [3.05, 3.63) is 0 Å². The van der Waals surface area contributed by atoms with Gasteiger partial charge in [0, 0.05) is 5.25 Å². The molecule has 0 aliphatic rings. The number of hydrogen-bond donors (Lipinski definition) is 0. The van der Waals surface area contributed by atoms with E-state index in [2.05, 4.69) is 0 Å². The molecule has 0 aliphatic heterocycles. The van der Waals surface area contributed by atoms with Crippen LogP contribution in [0, 0.1) is 0 Å². The third kappa shape index (κ3) is 3.77. The Morgan fingerprint density at radius 2 is 2.20 bits per heavy atom. The van der Waals surface area contributed by atoms with Crippen molar-refractivity contribution in [3.8, 4) is 0 Å². The van der Waals surface area contributed by atoms with E-state index in [0.717, 1.165) is 18.6 Å². The molecule has 0 fully saturated rings. The Kier molecular flexibility index (Phi) is 5.49. The van der Waals surface area contributed by atoms with Crippen molar-refractivity contribution >= 4 is 17.7 Å². The molecule has 10 heavy (non-hydrogen) atoms. The normalized spacial score (nSPS) is 13.0. The van der Waals surface area contributed by atoms with Gasteiger partial charge in [0.15, 0.2) is 0 Å². The van der Waals surface area contributed by atoms with Crippen LogP contribution in [0.5, 0.6) is 0 Å². The van der Waals surface area contributed by atoms with Crippen molar-refractivity contribution in [1.29, 1.82) is 0 Å². The smallest absolute Gasteiger partial charge is 0.0544 e. The predicted molar refractivity (Wildman–Crippen MR) is 41.8 cm³/mol. The number of carbonyl (C=O) groups is 1. The lowest BCUT2D eigenvalue weighted by Gasteiger charge is -2.14. The van der Waals surface area contributed by atoms with Crippen LogP contribution >= 0.6 is 11.8 Å². The van der Waals surface area contributed by atoms with E-state index in [-0.39, 0.29) is 5.25 Å². The first kappa shape index (κ1) is 9.82. The molecule has 0 unspecified atom stereocenters. The summed E-state index contributed by atoms with van der Waals surface area (Å²) in [5.41, 5.74) is 0. The third-order valence-electron chi connectivity index (χ3n) is 1.18. The zero-order valence-electron chi connectivity index (χ0n) is 6.42. The van der Waals surface area contributed by atoms with E-state index in [1.165, 1.54) is 11.8 Å². The minimum Gasteiger partial charge on any atom is -0.549 e. The second kappa shape index (κ2) is 5.59. The predicted octanol–water partition coefficient (Wildman–Crippen LogP) is 0.658. The van der Waals surface area contributed by atoms with Gasteiger partial charge in [-0.05, 0) is 12.2 Å². The summed E-state index contributed by atoms with van der Waals surface area (Å²) >= 11 is 1.45. The standard InChI is InChI=1S/C7H14O2S/c1-3-5-6(7(8)9)10-4-2/h6H,3-5H2,1-2H3,(H,8,9)/p-1/t6-/m0/s1. The van der Waals surface area contributed by atoms with Gasteiger partial charge in [-0.15, -0.1) is 0 Å².